The van der Waals surface area contributed by atoms with Crippen molar-refractivity contribution in [1.82, 2.24) is 15.4 Å². The van der Waals surface area contributed by atoms with E-state index in [1.54, 1.807) is 0 Å². The zero-order valence-electron chi connectivity index (χ0n) is 9.85. The summed E-state index contributed by atoms with van der Waals surface area (Å²) in [5, 5.41) is 6.91. The Labute approximate surface area is 101 Å². The lowest BCUT2D eigenvalue weighted by Crippen LogP contribution is -2.39. The summed E-state index contributed by atoms with van der Waals surface area (Å²) in [6, 6.07) is 1.90. The molecule has 1 saturated heterocycles. The summed E-state index contributed by atoms with van der Waals surface area (Å²) < 4.78 is 27.7. The highest BCUT2D eigenvalue weighted by molar-refractivity contribution is 7.91. The van der Waals surface area contributed by atoms with Crippen LogP contribution in [0.25, 0.3) is 0 Å². The van der Waals surface area contributed by atoms with Gasteiger partial charge in [-0.25, -0.2) is 8.42 Å². The monoisotopic (exact) mass is 259 g/mol. The number of hydrogen-bond donors (Lipinski definition) is 1. The van der Waals surface area contributed by atoms with Crippen molar-refractivity contribution in [3.8, 4) is 0 Å². The third-order valence-corrected chi connectivity index (χ3v) is 4.39. The van der Waals surface area contributed by atoms with Gasteiger partial charge in [0.05, 0.1) is 23.7 Å². The van der Waals surface area contributed by atoms with Crippen LogP contribution in [0.1, 0.15) is 11.5 Å². The lowest BCUT2D eigenvalue weighted by atomic mass is 10.3. The van der Waals surface area contributed by atoms with E-state index in [1.807, 2.05) is 13.1 Å². The molecule has 0 saturated carbocycles. The van der Waals surface area contributed by atoms with E-state index in [4.69, 9.17) is 4.52 Å². The predicted molar refractivity (Wildman–Crippen MR) is 63.2 cm³/mol. The molecule has 1 aliphatic rings. The summed E-state index contributed by atoms with van der Waals surface area (Å²) in [5.41, 5.74) is 0.868. The molecular formula is C10H17N3O3S. The van der Waals surface area contributed by atoms with Gasteiger partial charge in [-0.3, -0.25) is 4.90 Å². The summed E-state index contributed by atoms with van der Waals surface area (Å²) in [7, 11) is -0.958. The zero-order chi connectivity index (χ0) is 12.3. The van der Waals surface area contributed by atoms with Gasteiger partial charge in [0.2, 0.25) is 0 Å². The van der Waals surface area contributed by atoms with E-state index < -0.39 is 9.84 Å². The fourth-order valence-electron chi connectivity index (χ4n) is 1.82. The summed E-state index contributed by atoms with van der Waals surface area (Å²) >= 11 is 0. The molecule has 1 aromatic rings. The number of sulfone groups is 1. The van der Waals surface area contributed by atoms with Crippen LogP contribution in [0.3, 0.4) is 0 Å². The van der Waals surface area contributed by atoms with Crippen molar-refractivity contribution >= 4 is 9.84 Å². The third kappa shape index (κ3) is 3.52. The molecule has 7 heteroatoms. The second kappa shape index (κ2) is 5.16. The fraction of sp³-hybridized carbons (Fsp3) is 0.700. The van der Waals surface area contributed by atoms with Gasteiger partial charge in [0.1, 0.15) is 0 Å². The number of hydrogen-bond acceptors (Lipinski definition) is 6. The molecule has 1 aromatic heterocycles. The number of aromatic nitrogens is 1. The SMILES string of the molecule is CNCc1cc(CN2CCS(=O)(=O)CC2)on1. The maximum Gasteiger partial charge on any atom is 0.152 e. The van der Waals surface area contributed by atoms with E-state index in [0.29, 0.717) is 26.2 Å². The summed E-state index contributed by atoms with van der Waals surface area (Å²) in [5.74, 6) is 1.27. The predicted octanol–water partition coefficient (Wildman–Crippen LogP) is -0.376. The average molecular weight is 259 g/mol. The van der Waals surface area contributed by atoms with Crippen molar-refractivity contribution in [1.29, 1.82) is 0 Å². The average Bonchev–Trinajstić information content (AvgIpc) is 2.70. The number of rotatable bonds is 4. The van der Waals surface area contributed by atoms with Crippen molar-refractivity contribution in [2.75, 3.05) is 31.6 Å². The van der Waals surface area contributed by atoms with Crippen LogP contribution < -0.4 is 5.32 Å². The van der Waals surface area contributed by atoms with Crippen molar-refractivity contribution in [2.24, 2.45) is 0 Å². The second-order valence-electron chi connectivity index (χ2n) is 4.24. The van der Waals surface area contributed by atoms with Crippen LogP contribution in [0.2, 0.25) is 0 Å². The molecule has 0 aliphatic carbocycles. The normalized spacial score (nSPS) is 20.5. The Morgan fingerprint density at radius 1 is 1.47 bits per heavy atom. The molecule has 0 radical (unpaired) electrons. The smallest absolute Gasteiger partial charge is 0.152 e. The molecule has 0 unspecified atom stereocenters. The molecule has 1 fully saturated rings. The molecule has 17 heavy (non-hydrogen) atoms. The Hall–Kier alpha value is -0.920. The van der Waals surface area contributed by atoms with Crippen LogP contribution in [-0.2, 0) is 22.9 Å². The van der Waals surface area contributed by atoms with Gasteiger partial charge in [0.15, 0.2) is 15.6 Å². The molecule has 1 aliphatic heterocycles. The topological polar surface area (TPSA) is 75.4 Å². The lowest BCUT2D eigenvalue weighted by Gasteiger charge is -2.25. The Balaban J connectivity index is 1.88. The molecule has 0 aromatic carbocycles. The first kappa shape index (κ1) is 12.5. The highest BCUT2D eigenvalue weighted by atomic mass is 32.2. The van der Waals surface area contributed by atoms with Crippen LogP contribution in [0.4, 0.5) is 0 Å². The Kier molecular flexibility index (Phi) is 3.80. The Bertz CT molecular complexity index is 455. The molecule has 0 amide bonds. The van der Waals surface area contributed by atoms with E-state index >= 15 is 0 Å². The Morgan fingerprint density at radius 2 is 2.18 bits per heavy atom. The molecule has 0 atom stereocenters. The second-order valence-corrected chi connectivity index (χ2v) is 6.55. The van der Waals surface area contributed by atoms with Crippen LogP contribution in [0.15, 0.2) is 10.6 Å². The van der Waals surface area contributed by atoms with E-state index in [2.05, 4.69) is 15.4 Å². The molecule has 96 valence electrons. The van der Waals surface area contributed by atoms with E-state index in [1.165, 1.54) is 0 Å². The first-order chi connectivity index (χ1) is 8.09. The fourth-order valence-corrected chi connectivity index (χ4v) is 3.10. The van der Waals surface area contributed by atoms with Gasteiger partial charge in [-0.15, -0.1) is 0 Å². The van der Waals surface area contributed by atoms with Crippen LogP contribution in [0.5, 0.6) is 0 Å². The van der Waals surface area contributed by atoms with E-state index in [-0.39, 0.29) is 11.5 Å². The summed E-state index contributed by atoms with van der Waals surface area (Å²) in [6.07, 6.45) is 0. The van der Waals surface area contributed by atoms with Gasteiger partial charge in [-0.2, -0.15) is 0 Å². The van der Waals surface area contributed by atoms with Crippen LogP contribution in [0, 0.1) is 0 Å². The van der Waals surface area contributed by atoms with Crippen molar-refractivity contribution in [2.45, 2.75) is 13.1 Å². The zero-order valence-corrected chi connectivity index (χ0v) is 10.7. The minimum absolute atomic E-state index is 0.241. The van der Waals surface area contributed by atoms with Crippen molar-refractivity contribution < 1.29 is 12.9 Å². The molecule has 2 rings (SSSR count). The summed E-state index contributed by atoms with van der Waals surface area (Å²) in [4.78, 5) is 2.07. The molecular weight excluding hydrogens is 242 g/mol. The van der Waals surface area contributed by atoms with E-state index in [0.717, 1.165) is 11.5 Å². The highest BCUT2D eigenvalue weighted by Gasteiger charge is 2.22. The Morgan fingerprint density at radius 3 is 2.82 bits per heavy atom. The minimum Gasteiger partial charge on any atom is -0.360 e. The maximum atomic E-state index is 11.3. The van der Waals surface area contributed by atoms with Crippen LogP contribution in [-0.4, -0.2) is 50.1 Å². The number of nitrogens with one attached hydrogen (secondary N) is 1. The van der Waals surface area contributed by atoms with Crippen molar-refractivity contribution in [3.05, 3.63) is 17.5 Å². The standard InChI is InChI=1S/C10H17N3O3S/c1-11-7-9-6-10(16-12-9)8-13-2-4-17(14,15)5-3-13/h6,11H,2-5,7-8H2,1H3. The molecule has 1 N–H and O–H groups in total. The number of nitrogens with zero attached hydrogens (tertiary/aromatic N) is 2. The van der Waals surface area contributed by atoms with Gasteiger partial charge in [-0.05, 0) is 7.05 Å². The van der Waals surface area contributed by atoms with Crippen molar-refractivity contribution in [3.63, 3.8) is 0 Å². The molecule has 0 spiro atoms. The van der Waals surface area contributed by atoms with E-state index in [9.17, 15) is 8.42 Å². The van der Waals surface area contributed by atoms with Gasteiger partial charge in [0, 0.05) is 25.7 Å². The molecule has 2 heterocycles. The van der Waals surface area contributed by atoms with Gasteiger partial charge < -0.3 is 9.84 Å². The molecule has 0 bridgehead atoms. The summed E-state index contributed by atoms with van der Waals surface area (Å²) in [6.45, 7) is 2.46. The highest BCUT2D eigenvalue weighted by Crippen LogP contribution is 2.10. The maximum absolute atomic E-state index is 11.3. The van der Waals surface area contributed by atoms with Gasteiger partial charge >= 0.3 is 0 Å². The third-order valence-electron chi connectivity index (χ3n) is 2.78. The first-order valence-electron chi connectivity index (χ1n) is 5.61. The van der Waals surface area contributed by atoms with Gasteiger partial charge in [0.25, 0.3) is 0 Å². The first-order valence-corrected chi connectivity index (χ1v) is 7.43. The largest absolute Gasteiger partial charge is 0.360 e. The van der Waals surface area contributed by atoms with Crippen LogP contribution >= 0.6 is 0 Å². The molecule has 6 nitrogen and oxygen atoms in total. The minimum atomic E-state index is -2.81. The van der Waals surface area contributed by atoms with Gasteiger partial charge in [-0.1, -0.05) is 5.16 Å². The quantitative estimate of drug-likeness (QED) is 0.795. The lowest BCUT2D eigenvalue weighted by molar-refractivity contribution is 0.246.